The Morgan fingerprint density at radius 1 is 1.33 bits per heavy atom. The Hall–Kier alpha value is -1.65. The van der Waals surface area contributed by atoms with Gasteiger partial charge in [0.25, 0.3) is 0 Å². The Bertz CT molecular complexity index is 622. The van der Waals surface area contributed by atoms with Gasteiger partial charge in [-0.3, -0.25) is 5.32 Å². The number of carbonyl (C=O) groups excluding carboxylic acids is 1. The van der Waals surface area contributed by atoms with Gasteiger partial charge in [0, 0.05) is 11.4 Å². The zero-order valence-electron chi connectivity index (χ0n) is 12.9. The Morgan fingerprint density at radius 3 is 2.71 bits per heavy atom. The van der Waals surface area contributed by atoms with E-state index in [1.165, 1.54) is 12.0 Å². The molecule has 1 N–H and O–H groups in total. The number of ether oxygens (including phenoxy) is 1. The van der Waals surface area contributed by atoms with Crippen molar-refractivity contribution in [1.29, 1.82) is 0 Å². The zero-order chi connectivity index (χ0) is 15.5. The van der Waals surface area contributed by atoms with Crippen molar-refractivity contribution >= 4 is 17.3 Å². The smallest absolute Gasteiger partial charge is 0.330 e. The second kappa shape index (κ2) is 6.41. The minimum absolute atomic E-state index is 0.271. The van der Waals surface area contributed by atoms with Crippen LogP contribution in [0.15, 0.2) is 35.7 Å². The molecule has 0 aliphatic heterocycles. The average Bonchev–Trinajstić information content (AvgIpc) is 2.99. The summed E-state index contributed by atoms with van der Waals surface area (Å²) in [6.45, 7) is 6.56. The first kappa shape index (κ1) is 15.7. The zero-order valence-corrected chi connectivity index (χ0v) is 13.7. The fourth-order valence-electron chi connectivity index (χ4n) is 2.43. The molecular formula is C17H21NO2S. The lowest BCUT2D eigenvalue weighted by Crippen LogP contribution is -2.47. The Kier molecular flexibility index (Phi) is 4.80. The maximum Gasteiger partial charge on any atom is 0.330 e. The largest absolute Gasteiger partial charge is 0.467 e. The lowest BCUT2D eigenvalue weighted by atomic mass is 9.87. The highest BCUT2D eigenvalue weighted by Gasteiger charge is 2.37. The van der Waals surface area contributed by atoms with Gasteiger partial charge in [0.15, 0.2) is 0 Å². The van der Waals surface area contributed by atoms with E-state index < -0.39 is 5.54 Å². The Balaban J connectivity index is 2.36. The number of methoxy groups -OCH3 is 1. The summed E-state index contributed by atoms with van der Waals surface area (Å²) in [5.41, 5.74) is 2.32. The maximum atomic E-state index is 12.4. The predicted molar refractivity (Wildman–Crippen MR) is 86.4 cm³/mol. The molecule has 2 rings (SSSR count). The Morgan fingerprint density at radius 2 is 2.10 bits per heavy atom. The second-order valence-corrected chi connectivity index (χ2v) is 6.40. The molecule has 4 heteroatoms. The molecule has 2 aromatic rings. The van der Waals surface area contributed by atoms with E-state index in [9.17, 15) is 4.79 Å². The van der Waals surface area contributed by atoms with E-state index in [-0.39, 0.29) is 5.97 Å². The van der Waals surface area contributed by atoms with Crippen LogP contribution in [0.5, 0.6) is 0 Å². The molecule has 1 unspecified atom stereocenters. The molecule has 0 radical (unpaired) electrons. The van der Waals surface area contributed by atoms with Gasteiger partial charge in [-0.1, -0.05) is 29.8 Å². The number of thiophene rings is 1. The van der Waals surface area contributed by atoms with Crippen LogP contribution in [-0.2, 0) is 21.6 Å². The van der Waals surface area contributed by atoms with Gasteiger partial charge >= 0.3 is 5.97 Å². The third-order valence-electron chi connectivity index (χ3n) is 3.72. The van der Waals surface area contributed by atoms with E-state index in [2.05, 4.69) is 17.4 Å². The maximum absolute atomic E-state index is 12.4. The quantitative estimate of drug-likeness (QED) is 0.859. The van der Waals surface area contributed by atoms with Crippen LogP contribution in [0.25, 0.3) is 0 Å². The molecule has 0 saturated carbocycles. The number of benzene rings is 1. The molecule has 3 nitrogen and oxygen atoms in total. The number of rotatable bonds is 5. The molecule has 112 valence electrons. The van der Waals surface area contributed by atoms with Gasteiger partial charge in [-0.2, -0.15) is 0 Å². The van der Waals surface area contributed by atoms with Crippen molar-refractivity contribution in [2.75, 3.05) is 7.11 Å². The summed E-state index contributed by atoms with van der Waals surface area (Å²) in [7, 11) is 1.43. The number of aryl methyl sites for hydroxylation is 2. The summed E-state index contributed by atoms with van der Waals surface area (Å²) in [4.78, 5) is 13.6. The van der Waals surface area contributed by atoms with Crippen LogP contribution in [0.1, 0.15) is 28.5 Å². The summed E-state index contributed by atoms with van der Waals surface area (Å²) in [5, 5.41) is 5.40. The van der Waals surface area contributed by atoms with Gasteiger partial charge in [-0.05, 0) is 43.3 Å². The number of carbonyl (C=O) groups is 1. The van der Waals surface area contributed by atoms with Crippen LogP contribution in [-0.4, -0.2) is 13.1 Å². The van der Waals surface area contributed by atoms with E-state index >= 15 is 0 Å². The van der Waals surface area contributed by atoms with Crippen molar-refractivity contribution in [3.8, 4) is 0 Å². The highest BCUT2D eigenvalue weighted by Crippen LogP contribution is 2.27. The van der Waals surface area contributed by atoms with Gasteiger partial charge in [0.2, 0.25) is 0 Å². The molecule has 0 spiro atoms. The predicted octanol–water partition coefficient (Wildman–Crippen LogP) is 3.54. The molecule has 0 bridgehead atoms. The first-order valence-electron chi connectivity index (χ1n) is 6.91. The lowest BCUT2D eigenvalue weighted by Gasteiger charge is -2.30. The molecule has 0 aliphatic carbocycles. The summed E-state index contributed by atoms with van der Waals surface area (Å²) in [6.07, 6.45) is 0. The van der Waals surface area contributed by atoms with Crippen LogP contribution < -0.4 is 5.32 Å². The standard InChI is InChI=1S/C17H21NO2S/c1-12-7-8-13(2)15(10-12)17(3,16(19)20-4)18-11-14-6-5-9-21-14/h5-10,18H,11H2,1-4H3. The molecule has 1 heterocycles. The van der Waals surface area contributed by atoms with Crippen molar-refractivity contribution < 1.29 is 9.53 Å². The van der Waals surface area contributed by atoms with Crippen molar-refractivity contribution in [3.63, 3.8) is 0 Å². The van der Waals surface area contributed by atoms with Crippen LogP contribution in [0, 0.1) is 13.8 Å². The molecule has 1 aromatic carbocycles. The van der Waals surface area contributed by atoms with E-state index in [0.717, 1.165) is 16.7 Å². The minimum Gasteiger partial charge on any atom is -0.467 e. The van der Waals surface area contributed by atoms with Crippen LogP contribution in [0.2, 0.25) is 0 Å². The topological polar surface area (TPSA) is 38.3 Å². The number of nitrogens with one attached hydrogen (secondary N) is 1. The van der Waals surface area contributed by atoms with Crippen molar-refractivity contribution in [1.82, 2.24) is 5.32 Å². The van der Waals surface area contributed by atoms with Crippen molar-refractivity contribution in [2.24, 2.45) is 0 Å². The van der Waals surface area contributed by atoms with Crippen molar-refractivity contribution in [2.45, 2.75) is 32.9 Å². The van der Waals surface area contributed by atoms with Gasteiger partial charge in [-0.25, -0.2) is 4.79 Å². The van der Waals surface area contributed by atoms with Gasteiger partial charge < -0.3 is 4.74 Å². The Labute approximate surface area is 130 Å². The highest BCUT2D eigenvalue weighted by atomic mass is 32.1. The fourth-order valence-corrected chi connectivity index (χ4v) is 3.08. The molecule has 0 saturated heterocycles. The number of hydrogen-bond acceptors (Lipinski definition) is 4. The molecule has 0 fully saturated rings. The first-order valence-corrected chi connectivity index (χ1v) is 7.79. The summed E-state index contributed by atoms with van der Waals surface area (Å²) >= 11 is 1.67. The first-order chi connectivity index (χ1) is 9.97. The molecule has 1 atom stereocenters. The SMILES string of the molecule is COC(=O)C(C)(NCc1cccs1)c1cc(C)ccc1C. The lowest BCUT2D eigenvalue weighted by molar-refractivity contribution is -0.148. The summed E-state index contributed by atoms with van der Waals surface area (Å²) in [5.74, 6) is -0.271. The van der Waals surface area contributed by atoms with Crippen molar-refractivity contribution in [3.05, 3.63) is 57.3 Å². The van der Waals surface area contributed by atoms with Crippen LogP contribution in [0.4, 0.5) is 0 Å². The van der Waals surface area contributed by atoms with Crippen LogP contribution in [0.3, 0.4) is 0 Å². The number of esters is 1. The molecule has 0 aliphatic rings. The summed E-state index contributed by atoms with van der Waals surface area (Å²) < 4.78 is 5.04. The van der Waals surface area contributed by atoms with E-state index in [0.29, 0.717) is 6.54 Å². The van der Waals surface area contributed by atoms with Crippen LogP contribution >= 0.6 is 11.3 Å². The van der Waals surface area contributed by atoms with E-state index in [1.807, 2.05) is 44.4 Å². The van der Waals surface area contributed by atoms with Gasteiger partial charge in [0.1, 0.15) is 5.54 Å². The third-order valence-corrected chi connectivity index (χ3v) is 4.60. The second-order valence-electron chi connectivity index (χ2n) is 5.37. The third kappa shape index (κ3) is 3.34. The van der Waals surface area contributed by atoms with Gasteiger partial charge in [0.05, 0.1) is 7.11 Å². The van der Waals surface area contributed by atoms with E-state index in [1.54, 1.807) is 11.3 Å². The molecule has 21 heavy (non-hydrogen) atoms. The molecule has 1 aromatic heterocycles. The minimum atomic E-state index is -0.852. The highest BCUT2D eigenvalue weighted by molar-refractivity contribution is 7.09. The van der Waals surface area contributed by atoms with Gasteiger partial charge in [-0.15, -0.1) is 11.3 Å². The monoisotopic (exact) mass is 303 g/mol. The molecular weight excluding hydrogens is 282 g/mol. The molecule has 0 amide bonds. The fraction of sp³-hybridized carbons (Fsp3) is 0.353. The number of hydrogen-bond donors (Lipinski definition) is 1. The normalized spacial score (nSPS) is 13.7. The van der Waals surface area contributed by atoms with E-state index in [4.69, 9.17) is 4.74 Å². The summed E-state index contributed by atoms with van der Waals surface area (Å²) in [6, 6.07) is 10.2. The average molecular weight is 303 g/mol.